The lowest BCUT2D eigenvalue weighted by Gasteiger charge is -2.46. The summed E-state index contributed by atoms with van der Waals surface area (Å²) in [6, 6.07) is 0. The van der Waals surface area contributed by atoms with Gasteiger partial charge in [0.2, 0.25) is 0 Å². The summed E-state index contributed by atoms with van der Waals surface area (Å²) in [4.78, 5) is 0. The Morgan fingerprint density at radius 2 is 1.33 bits per heavy atom. The van der Waals surface area contributed by atoms with Crippen molar-refractivity contribution in [3.05, 3.63) is 0 Å². The van der Waals surface area contributed by atoms with Gasteiger partial charge in [-0.05, 0) is 0 Å². The van der Waals surface area contributed by atoms with Gasteiger partial charge in [0, 0.05) is 13.0 Å². The van der Waals surface area contributed by atoms with Crippen molar-refractivity contribution >= 4 is 0 Å². The van der Waals surface area contributed by atoms with Crippen LogP contribution in [-0.4, -0.2) is 106 Å². The van der Waals surface area contributed by atoms with E-state index in [-0.39, 0.29) is 0 Å². The van der Waals surface area contributed by atoms with Gasteiger partial charge in [0.25, 0.3) is 0 Å². The van der Waals surface area contributed by atoms with Crippen LogP contribution in [0.5, 0.6) is 0 Å². The Kier molecular flexibility index (Phi) is 6.90. The van der Waals surface area contributed by atoms with E-state index in [4.69, 9.17) is 18.9 Å². The minimum atomic E-state index is -1.49. The van der Waals surface area contributed by atoms with Crippen molar-refractivity contribution in [3.8, 4) is 0 Å². The van der Waals surface area contributed by atoms with Crippen molar-refractivity contribution in [2.24, 2.45) is 5.92 Å². The summed E-state index contributed by atoms with van der Waals surface area (Å²) in [6.07, 6.45) is -11.2. The largest absolute Gasteiger partial charge is 0.394 e. The SMILES string of the molecule is CO[C@@H]1O[C@@H](CO)[C@@H](O[C@@H]2OC(CO)[C@H](C)[C@@H](O)C2O)C(O)C1O. The van der Waals surface area contributed by atoms with Crippen molar-refractivity contribution in [2.75, 3.05) is 20.3 Å². The minimum absolute atomic E-state index is 0.396. The number of aliphatic hydroxyl groups is 6. The first-order chi connectivity index (χ1) is 11.3. The van der Waals surface area contributed by atoms with Crippen molar-refractivity contribution in [1.29, 1.82) is 0 Å². The van der Waals surface area contributed by atoms with Crippen LogP contribution in [-0.2, 0) is 18.9 Å². The third-order valence-corrected chi connectivity index (χ3v) is 4.59. The minimum Gasteiger partial charge on any atom is -0.394 e. The van der Waals surface area contributed by atoms with E-state index in [1.54, 1.807) is 6.92 Å². The maximum Gasteiger partial charge on any atom is 0.187 e. The quantitative estimate of drug-likeness (QED) is 0.293. The van der Waals surface area contributed by atoms with Crippen LogP contribution in [0, 0.1) is 5.92 Å². The van der Waals surface area contributed by atoms with E-state index in [1.807, 2.05) is 0 Å². The maximum absolute atomic E-state index is 10.2. The summed E-state index contributed by atoms with van der Waals surface area (Å²) in [6.45, 7) is 0.666. The fraction of sp³-hybridized carbons (Fsp3) is 1.00. The van der Waals surface area contributed by atoms with Gasteiger partial charge in [0.15, 0.2) is 12.6 Å². The molecule has 2 aliphatic rings. The fourth-order valence-electron chi connectivity index (χ4n) is 2.96. The molecule has 10 atom stereocenters. The molecule has 10 nitrogen and oxygen atoms in total. The second-order valence-electron chi connectivity index (χ2n) is 6.11. The van der Waals surface area contributed by atoms with Gasteiger partial charge in [-0.15, -0.1) is 0 Å². The lowest BCUT2D eigenvalue weighted by Crippen LogP contribution is -2.63. The number of rotatable bonds is 5. The predicted molar refractivity (Wildman–Crippen MR) is 76.6 cm³/mol. The number of hydrogen-bond donors (Lipinski definition) is 6. The van der Waals surface area contributed by atoms with Crippen LogP contribution < -0.4 is 0 Å². The molecule has 0 radical (unpaired) electrons. The molecule has 0 aliphatic carbocycles. The molecule has 2 heterocycles. The van der Waals surface area contributed by atoms with E-state index in [1.165, 1.54) is 7.11 Å². The molecule has 142 valence electrons. The van der Waals surface area contributed by atoms with Gasteiger partial charge >= 0.3 is 0 Å². The summed E-state index contributed by atoms with van der Waals surface area (Å²) >= 11 is 0. The normalized spacial score (nSPS) is 50.0. The van der Waals surface area contributed by atoms with Crippen molar-refractivity contribution in [3.63, 3.8) is 0 Å². The van der Waals surface area contributed by atoms with Crippen LogP contribution in [0.2, 0.25) is 0 Å². The van der Waals surface area contributed by atoms with Crippen LogP contribution in [0.1, 0.15) is 6.92 Å². The van der Waals surface area contributed by atoms with Gasteiger partial charge < -0.3 is 49.6 Å². The molecule has 0 aromatic carbocycles. The van der Waals surface area contributed by atoms with E-state index >= 15 is 0 Å². The topological polar surface area (TPSA) is 158 Å². The smallest absolute Gasteiger partial charge is 0.187 e. The molecule has 0 amide bonds. The summed E-state index contributed by atoms with van der Waals surface area (Å²) in [5.41, 5.74) is 0. The molecular formula is C14H26O10. The first-order valence-electron chi connectivity index (χ1n) is 7.78. The third kappa shape index (κ3) is 3.73. The van der Waals surface area contributed by atoms with E-state index in [0.717, 1.165) is 0 Å². The highest BCUT2D eigenvalue weighted by Gasteiger charge is 2.49. The summed E-state index contributed by atoms with van der Waals surface area (Å²) in [5, 5.41) is 59.0. The molecule has 0 bridgehead atoms. The van der Waals surface area contributed by atoms with Crippen LogP contribution in [0.15, 0.2) is 0 Å². The zero-order chi connectivity index (χ0) is 18.0. The molecule has 2 fully saturated rings. The van der Waals surface area contributed by atoms with Crippen LogP contribution >= 0.6 is 0 Å². The Bertz CT molecular complexity index is 392. The standard InChI is InChI=1S/C14H26O10/c1-5-6(3-15)22-14(10(19)8(5)17)24-12-7(4-16)23-13(21-2)11(20)9(12)18/h5-20H,3-4H2,1-2H3/t5-,6?,7-,8+,9?,10?,11?,12+,13+,14-/m0/s1. The number of hydrogen-bond acceptors (Lipinski definition) is 10. The van der Waals surface area contributed by atoms with Gasteiger partial charge in [-0.2, -0.15) is 0 Å². The fourth-order valence-corrected chi connectivity index (χ4v) is 2.96. The molecule has 24 heavy (non-hydrogen) atoms. The van der Waals surface area contributed by atoms with Crippen molar-refractivity contribution in [2.45, 2.75) is 62.2 Å². The number of ether oxygens (including phenoxy) is 4. The molecule has 0 aromatic heterocycles. The van der Waals surface area contributed by atoms with Crippen LogP contribution in [0.4, 0.5) is 0 Å². The molecule has 2 saturated heterocycles. The summed E-state index contributed by atoms with van der Waals surface area (Å²) < 4.78 is 21.1. The van der Waals surface area contributed by atoms with Crippen LogP contribution in [0.25, 0.3) is 0 Å². The monoisotopic (exact) mass is 354 g/mol. The zero-order valence-electron chi connectivity index (χ0n) is 13.5. The number of aliphatic hydroxyl groups excluding tert-OH is 6. The molecule has 0 saturated carbocycles. The Labute approximate surface area is 139 Å². The first-order valence-corrected chi connectivity index (χ1v) is 7.78. The van der Waals surface area contributed by atoms with Crippen molar-refractivity contribution in [1.82, 2.24) is 0 Å². The van der Waals surface area contributed by atoms with Crippen molar-refractivity contribution < 1.29 is 49.6 Å². The molecule has 4 unspecified atom stereocenters. The molecule has 0 spiro atoms. The third-order valence-electron chi connectivity index (χ3n) is 4.59. The molecule has 2 aliphatic heterocycles. The lowest BCUT2D eigenvalue weighted by atomic mass is 9.91. The second-order valence-corrected chi connectivity index (χ2v) is 6.11. The van der Waals surface area contributed by atoms with Crippen LogP contribution in [0.3, 0.4) is 0 Å². The molecule has 0 aromatic rings. The molecule has 2 rings (SSSR count). The van der Waals surface area contributed by atoms with Gasteiger partial charge in [-0.1, -0.05) is 6.92 Å². The molecule has 6 N–H and O–H groups in total. The Hall–Kier alpha value is -0.400. The summed E-state index contributed by atoms with van der Waals surface area (Å²) in [7, 11) is 1.27. The van der Waals surface area contributed by atoms with Gasteiger partial charge in [0.05, 0.1) is 25.4 Å². The molecular weight excluding hydrogens is 328 g/mol. The highest BCUT2D eigenvalue weighted by atomic mass is 16.7. The van der Waals surface area contributed by atoms with E-state index in [2.05, 4.69) is 0 Å². The van der Waals surface area contributed by atoms with Gasteiger partial charge in [-0.25, -0.2) is 0 Å². The summed E-state index contributed by atoms with van der Waals surface area (Å²) in [5.74, 6) is -0.533. The van der Waals surface area contributed by atoms with Gasteiger partial charge in [0.1, 0.15) is 30.5 Å². The number of methoxy groups -OCH3 is 1. The zero-order valence-corrected chi connectivity index (χ0v) is 13.5. The Morgan fingerprint density at radius 3 is 1.88 bits per heavy atom. The highest BCUT2D eigenvalue weighted by Crippen LogP contribution is 2.31. The molecule has 10 heteroatoms. The van der Waals surface area contributed by atoms with E-state index in [0.29, 0.717) is 0 Å². The Morgan fingerprint density at radius 1 is 0.792 bits per heavy atom. The van der Waals surface area contributed by atoms with E-state index < -0.39 is 74.4 Å². The highest BCUT2D eigenvalue weighted by molar-refractivity contribution is 4.93. The Balaban J connectivity index is 2.12. The maximum atomic E-state index is 10.2. The average molecular weight is 354 g/mol. The first kappa shape index (κ1) is 19.9. The van der Waals surface area contributed by atoms with Gasteiger partial charge in [-0.3, -0.25) is 0 Å². The second kappa shape index (κ2) is 8.32. The lowest BCUT2D eigenvalue weighted by molar-refractivity contribution is -0.353. The van der Waals surface area contributed by atoms with E-state index in [9.17, 15) is 30.6 Å². The predicted octanol–water partition coefficient (Wildman–Crippen LogP) is -3.47. The average Bonchev–Trinajstić information content (AvgIpc) is 2.59.